The van der Waals surface area contributed by atoms with Gasteiger partial charge in [0.05, 0.1) is 5.41 Å². The fourth-order valence-corrected chi connectivity index (χ4v) is 5.90. The van der Waals surface area contributed by atoms with Gasteiger partial charge in [-0.05, 0) is 56.8 Å². The van der Waals surface area contributed by atoms with E-state index in [1.54, 1.807) is 7.11 Å². The molecule has 0 aromatic heterocycles. The van der Waals surface area contributed by atoms with Gasteiger partial charge in [-0.15, -0.1) is 0 Å². The summed E-state index contributed by atoms with van der Waals surface area (Å²) < 4.78 is 11.3. The van der Waals surface area contributed by atoms with Gasteiger partial charge in [-0.1, -0.05) is 25.5 Å². The van der Waals surface area contributed by atoms with Gasteiger partial charge in [-0.2, -0.15) is 0 Å². The summed E-state index contributed by atoms with van der Waals surface area (Å²) in [6.07, 6.45) is 6.20. The predicted molar refractivity (Wildman–Crippen MR) is 97.3 cm³/mol. The van der Waals surface area contributed by atoms with Crippen molar-refractivity contribution in [1.82, 2.24) is 0 Å². The highest BCUT2D eigenvalue weighted by molar-refractivity contribution is 5.86. The van der Waals surface area contributed by atoms with Crippen LogP contribution in [-0.4, -0.2) is 29.9 Å². The molecule has 0 spiro atoms. The van der Waals surface area contributed by atoms with Crippen LogP contribution in [-0.2, 0) is 19.1 Å². The lowest BCUT2D eigenvalue weighted by Crippen LogP contribution is -2.55. The van der Waals surface area contributed by atoms with Crippen LogP contribution in [0.3, 0.4) is 0 Å². The lowest BCUT2D eigenvalue weighted by molar-refractivity contribution is -0.206. The number of carbonyl (C=O) groups is 2. The summed E-state index contributed by atoms with van der Waals surface area (Å²) in [4.78, 5) is 23.9. The monoisotopic (exact) mass is 362 g/mol. The second-order valence-corrected chi connectivity index (χ2v) is 8.79. The number of ether oxygens (including phenoxy) is 2. The van der Waals surface area contributed by atoms with E-state index in [4.69, 9.17) is 9.47 Å². The third kappa shape index (κ3) is 2.63. The molecule has 144 valence electrons. The molecule has 1 heterocycles. The number of hydrogen-bond donors (Lipinski definition) is 1. The second-order valence-electron chi connectivity index (χ2n) is 8.79. The average molecular weight is 362 g/mol. The summed E-state index contributed by atoms with van der Waals surface area (Å²) in [7, 11) is 1.56. The first-order valence-electron chi connectivity index (χ1n) is 9.47. The topological polar surface area (TPSA) is 72.8 Å². The van der Waals surface area contributed by atoms with Crippen LogP contribution in [0, 0.1) is 22.7 Å². The molecule has 1 unspecified atom stereocenters. The minimum Gasteiger partial charge on any atom is -0.481 e. The van der Waals surface area contributed by atoms with Gasteiger partial charge in [-0.25, -0.2) is 4.79 Å². The third-order valence-electron chi connectivity index (χ3n) is 7.51. The maximum atomic E-state index is 12.1. The molecule has 0 aromatic rings. The quantitative estimate of drug-likeness (QED) is 0.602. The van der Waals surface area contributed by atoms with Gasteiger partial charge < -0.3 is 14.6 Å². The van der Waals surface area contributed by atoms with E-state index >= 15 is 0 Å². The van der Waals surface area contributed by atoms with Crippen LogP contribution in [0.1, 0.15) is 59.3 Å². The zero-order valence-electron chi connectivity index (χ0n) is 16.3. The summed E-state index contributed by atoms with van der Waals surface area (Å²) in [5.41, 5.74) is 0.969. The van der Waals surface area contributed by atoms with Gasteiger partial charge in [0.15, 0.2) is 0 Å². The fraction of sp³-hybridized carbons (Fsp3) is 0.714. The van der Waals surface area contributed by atoms with Gasteiger partial charge in [-0.3, -0.25) is 4.79 Å². The first kappa shape index (κ1) is 19.2. The highest BCUT2D eigenvalue weighted by Crippen LogP contribution is 2.63. The van der Waals surface area contributed by atoms with E-state index in [1.807, 2.05) is 13.8 Å². The van der Waals surface area contributed by atoms with Gasteiger partial charge >= 0.3 is 11.9 Å². The number of carboxylic acids is 1. The number of esters is 1. The Bertz CT molecular complexity index is 680. The largest absolute Gasteiger partial charge is 0.481 e. The summed E-state index contributed by atoms with van der Waals surface area (Å²) in [6, 6.07) is 0. The average Bonchev–Trinajstić information content (AvgIpc) is 2.85. The number of carboxylic acid groups (broad SMARTS) is 1. The third-order valence-corrected chi connectivity index (χ3v) is 7.51. The van der Waals surface area contributed by atoms with Crippen LogP contribution in [0.15, 0.2) is 23.8 Å². The molecule has 5 heteroatoms. The molecule has 3 aliphatic rings. The summed E-state index contributed by atoms with van der Waals surface area (Å²) in [5, 5.41) is 9.94. The molecule has 2 aliphatic carbocycles. The van der Waals surface area contributed by atoms with Crippen molar-refractivity contribution in [3.8, 4) is 0 Å². The minimum absolute atomic E-state index is 0.0504. The van der Waals surface area contributed by atoms with Crippen LogP contribution >= 0.6 is 0 Å². The van der Waals surface area contributed by atoms with E-state index in [0.29, 0.717) is 12.8 Å². The fourth-order valence-electron chi connectivity index (χ4n) is 5.90. The van der Waals surface area contributed by atoms with Gasteiger partial charge in [0.25, 0.3) is 0 Å². The first-order valence-corrected chi connectivity index (χ1v) is 9.47. The Balaban J connectivity index is 1.98. The van der Waals surface area contributed by atoms with E-state index < -0.39 is 17.2 Å². The number of cyclic esters (lactones) is 1. The first-order chi connectivity index (χ1) is 12.1. The Morgan fingerprint density at radius 3 is 2.65 bits per heavy atom. The van der Waals surface area contributed by atoms with Crippen molar-refractivity contribution in [2.45, 2.75) is 65.1 Å². The van der Waals surface area contributed by atoms with E-state index in [-0.39, 0.29) is 23.2 Å². The van der Waals surface area contributed by atoms with Crippen molar-refractivity contribution < 1.29 is 24.2 Å². The van der Waals surface area contributed by atoms with E-state index in [9.17, 15) is 14.7 Å². The van der Waals surface area contributed by atoms with Crippen molar-refractivity contribution in [3.63, 3.8) is 0 Å². The molecule has 1 N–H and O–H groups in total. The normalized spacial score (nSPS) is 42.8. The summed E-state index contributed by atoms with van der Waals surface area (Å²) >= 11 is 0. The van der Waals surface area contributed by atoms with Crippen LogP contribution < -0.4 is 0 Å². The molecule has 2 saturated carbocycles. The molecule has 0 amide bonds. The van der Waals surface area contributed by atoms with Crippen LogP contribution in [0.5, 0.6) is 0 Å². The SMILES string of the molecule is C=C1CC[C@@H]2[C@](C)(CCC[C@]2(C)C(=O)O)[C@H]1CC1(OC)OC(=O)C=C1C. The molecular formula is C21H30O5. The number of fused-ring (bicyclic) bond motifs is 1. The Morgan fingerprint density at radius 2 is 2.12 bits per heavy atom. The number of hydrogen-bond acceptors (Lipinski definition) is 4. The highest BCUT2D eigenvalue weighted by atomic mass is 16.7. The zero-order valence-corrected chi connectivity index (χ0v) is 16.3. The molecule has 5 atom stereocenters. The highest BCUT2D eigenvalue weighted by Gasteiger charge is 2.59. The molecule has 0 saturated heterocycles. The molecule has 5 nitrogen and oxygen atoms in total. The number of aliphatic carboxylic acids is 1. The van der Waals surface area contributed by atoms with E-state index in [0.717, 1.165) is 36.8 Å². The van der Waals surface area contributed by atoms with E-state index in [2.05, 4.69) is 13.5 Å². The van der Waals surface area contributed by atoms with Crippen molar-refractivity contribution in [2.75, 3.05) is 7.11 Å². The molecular weight excluding hydrogens is 332 g/mol. The molecule has 0 bridgehead atoms. The summed E-state index contributed by atoms with van der Waals surface area (Å²) in [6.45, 7) is 10.3. The predicted octanol–water partition coefficient (Wildman–Crippen LogP) is 4.09. The molecule has 0 radical (unpaired) electrons. The Hall–Kier alpha value is -1.62. The van der Waals surface area contributed by atoms with Crippen molar-refractivity contribution in [3.05, 3.63) is 23.8 Å². The van der Waals surface area contributed by atoms with E-state index in [1.165, 1.54) is 6.08 Å². The minimum atomic E-state index is -1.06. The standard InChI is InChI=1S/C21H30O5/c1-13-7-8-16-19(3,9-6-10-20(16,4)18(23)24)15(13)12-21(25-5)14(2)11-17(22)26-21/h11,15-16H,1,6-10,12H2,2-5H3,(H,23,24)/t15-,16+,19+,20-,21?/m0/s1. The van der Waals surface area contributed by atoms with Gasteiger partial charge in [0.2, 0.25) is 5.79 Å². The zero-order chi connectivity index (χ0) is 19.3. The maximum absolute atomic E-state index is 12.1. The number of rotatable bonds is 4. The van der Waals surface area contributed by atoms with Crippen LogP contribution in [0.25, 0.3) is 0 Å². The van der Waals surface area contributed by atoms with Crippen LogP contribution in [0.4, 0.5) is 0 Å². The lowest BCUT2D eigenvalue weighted by atomic mass is 9.46. The molecule has 2 fully saturated rings. The van der Waals surface area contributed by atoms with Crippen molar-refractivity contribution in [1.29, 1.82) is 0 Å². The molecule has 3 rings (SSSR count). The Kier molecular flexibility index (Phi) is 4.58. The molecule has 26 heavy (non-hydrogen) atoms. The van der Waals surface area contributed by atoms with Crippen molar-refractivity contribution in [2.24, 2.45) is 22.7 Å². The smallest absolute Gasteiger partial charge is 0.333 e. The maximum Gasteiger partial charge on any atom is 0.333 e. The second kappa shape index (κ2) is 6.22. The number of carbonyl (C=O) groups excluding carboxylic acids is 1. The van der Waals surface area contributed by atoms with Gasteiger partial charge in [0, 0.05) is 25.2 Å². The van der Waals surface area contributed by atoms with Crippen molar-refractivity contribution >= 4 is 11.9 Å². The number of allylic oxidation sites excluding steroid dienone is 1. The lowest BCUT2D eigenvalue weighted by Gasteiger charge is -2.58. The summed E-state index contributed by atoms with van der Waals surface area (Å²) in [5.74, 6) is -2.02. The number of methoxy groups -OCH3 is 1. The molecule has 0 aromatic carbocycles. The molecule has 1 aliphatic heterocycles. The Labute approximate surface area is 155 Å². The van der Waals surface area contributed by atoms with Gasteiger partial charge in [0.1, 0.15) is 0 Å². The van der Waals surface area contributed by atoms with Crippen LogP contribution in [0.2, 0.25) is 0 Å². The Morgan fingerprint density at radius 1 is 1.42 bits per heavy atom.